The summed E-state index contributed by atoms with van der Waals surface area (Å²) in [5.74, 6) is 6.19. The molecule has 0 atom stereocenters. The maximum absolute atomic E-state index is 3.10. The molecule has 0 radical (unpaired) electrons. The largest absolute Gasteiger partial charge is 0.184 e. The van der Waals surface area contributed by atoms with Crippen LogP contribution in [0.2, 0.25) is 0 Å². The number of hydrogen-bond acceptors (Lipinski definition) is 0. The maximum atomic E-state index is 3.10. The van der Waals surface area contributed by atoms with Crippen molar-refractivity contribution in [1.29, 1.82) is 0 Å². The van der Waals surface area contributed by atoms with E-state index in [0.29, 0.717) is 0 Å². The third-order valence-corrected chi connectivity index (χ3v) is 1.84. The van der Waals surface area contributed by atoms with Crippen molar-refractivity contribution in [3.05, 3.63) is 71.8 Å². The Morgan fingerprint density at radius 2 is 1.27 bits per heavy atom. The van der Waals surface area contributed by atoms with Gasteiger partial charge in [-0.1, -0.05) is 35.6 Å². The van der Waals surface area contributed by atoms with Crippen LogP contribution in [0.15, 0.2) is 54.6 Å². The molecule has 72 valence electrons. The van der Waals surface area contributed by atoms with E-state index in [4.69, 9.17) is 0 Å². The molecule has 0 saturated heterocycles. The topological polar surface area (TPSA) is 0 Å². The quantitative estimate of drug-likeness (QED) is 0.500. The van der Waals surface area contributed by atoms with Crippen molar-refractivity contribution < 1.29 is 21.1 Å². The third-order valence-electron chi connectivity index (χ3n) is 1.84. The fourth-order valence-electron chi connectivity index (χ4n) is 1.14. The summed E-state index contributed by atoms with van der Waals surface area (Å²) in [5, 5.41) is 0. The SMILES string of the molecule is C(#Cc1ccccc1)c1cc[c-]cc1.[W]. The van der Waals surface area contributed by atoms with E-state index in [2.05, 4.69) is 17.9 Å². The molecule has 0 heterocycles. The normalized spacial score (nSPS) is 8.27. The molecule has 0 aliphatic rings. The van der Waals surface area contributed by atoms with E-state index in [1.165, 1.54) is 0 Å². The van der Waals surface area contributed by atoms with Crippen LogP contribution in [0.25, 0.3) is 0 Å². The molecular formula is C14H9W-. The van der Waals surface area contributed by atoms with Crippen molar-refractivity contribution in [2.24, 2.45) is 0 Å². The molecule has 0 fully saturated rings. The molecule has 15 heavy (non-hydrogen) atoms. The molecule has 1 heteroatoms. The number of hydrogen-bond donors (Lipinski definition) is 0. The Balaban J connectivity index is 0.00000112. The Morgan fingerprint density at radius 3 is 1.87 bits per heavy atom. The molecule has 0 spiro atoms. The smallest absolute Gasteiger partial charge is 0.0248 e. The third kappa shape index (κ3) is 3.74. The fourth-order valence-corrected chi connectivity index (χ4v) is 1.14. The predicted octanol–water partition coefficient (Wildman–Crippen LogP) is 2.88. The molecule has 0 saturated carbocycles. The predicted molar refractivity (Wildman–Crippen MR) is 57.7 cm³/mol. The van der Waals surface area contributed by atoms with Crippen LogP contribution in [0.5, 0.6) is 0 Å². The summed E-state index contributed by atoms with van der Waals surface area (Å²) in [7, 11) is 0. The van der Waals surface area contributed by atoms with Crippen molar-refractivity contribution in [3.63, 3.8) is 0 Å². The van der Waals surface area contributed by atoms with Crippen LogP contribution < -0.4 is 0 Å². The van der Waals surface area contributed by atoms with Gasteiger partial charge in [0, 0.05) is 26.6 Å². The van der Waals surface area contributed by atoms with Crippen LogP contribution in [0.4, 0.5) is 0 Å². The monoisotopic (exact) mass is 361 g/mol. The molecule has 0 bridgehead atoms. The van der Waals surface area contributed by atoms with Crippen LogP contribution >= 0.6 is 0 Å². The van der Waals surface area contributed by atoms with E-state index in [9.17, 15) is 0 Å². The first-order valence-electron chi connectivity index (χ1n) is 4.48. The number of rotatable bonds is 0. The Labute approximate surface area is 105 Å². The second-order valence-corrected chi connectivity index (χ2v) is 2.90. The van der Waals surface area contributed by atoms with Crippen molar-refractivity contribution >= 4 is 0 Å². The zero-order chi connectivity index (χ0) is 9.64. The molecule has 0 N–H and O–H groups in total. The second-order valence-electron chi connectivity index (χ2n) is 2.90. The summed E-state index contributed by atoms with van der Waals surface area (Å²) in [6, 6.07) is 20.6. The van der Waals surface area contributed by atoms with E-state index in [1.54, 1.807) is 0 Å². The van der Waals surface area contributed by atoms with Crippen molar-refractivity contribution in [2.75, 3.05) is 0 Å². The van der Waals surface area contributed by atoms with Gasteiger partial charge in [-0.25, -0.2) is 0 Å². The van der Waals surface area contributed by atoms with E-state index in [0.717, 1.165) is 11.1 Å². The zero-order valence-corrected chi connectivity index (χ0v) is 11.0. The summed E-state index contributed by atoms with van der Waals surface area (Å²) < 4.78 is 0. The summed E-state index contributed by atoms with van der Waals surface area (Å²) in [6.45, 7) is 0. The molecule has 2 rings (SSSR count). The van der Waals surface area contributed by atoms with Gasteiger partial charge in [0.15, 0.2) is 0 Å². The summed E-state index contributed by atoms with van der Waals surface area (Å²) >= 11 is 0. The van der Waals surface area contributed by atoms with Crippen LogP contribution in [0.3, 0.4) is 0 Å². The molecule has 0 unspecified atom stereocenters. The first kappa shape index (κ1) is 11.8. The van der Waals surface area contributed by atoms with Gasteiger partial charge in [0.05, 0.1) is 0 Å². The van der Waals surface area contributed by atoms with Crippen LogP contribution in [-0.2, 0) is 21.1 Å². The number of benzene rings is 2. The Morgan fingerprint density at radius 1 is 0.733 bits per heavy atom. The van der Waals surface area contributed by atoms with E-state index in [1.807, 2.05) is 54.6 Å². The maximum Gasteiger partial charge on any atom is 0.0248 e. The average molecular weight is 361 g/mol. The van der Waals surface area contributed by atoms with Crippen molar-refractivity contribution in [2.45, 2.75) is 0 Å². The minimum absolute atomic E-state index is 0. The van der Waals surface area contributed by atoms with Gasteiger partial charge in [-0.2, -0.15) is 30.3 Å². The van der Waals surface area contributed by atoms with Gasteiger partial charge in [-0.05, 0) is 12.1 Å². The molecule has 0 aromatic heterocycles. The van der Waals surface area contributed by atoms with Gasteiger partial charge in [0.25, 0.3) is 0 Å². The molecule has 0 aliphatic carbocycles. The van der Waals surface area contributed by atoms with E-state index >= 15 is 0 Å². The molecular weight excluding hydrogens is 352 g/mol. The molecule has 2 aromatic carbocycles. The Hall–Kier alpha value is -1.31. The van der Waals surface area contributed by atoms with Crippen LogP contribution in [0, 0.1) is 17.9 Å². The summed E-state index contributed by atoms with van der Waals surface area (Å²) in [6.07, 6.45) is 0. The van der Waals surface area contributed by atoms with Gasteiger partial charge in [0.2, 0.25) is 0 Å². The minimum atomic E-state index is 0. The Bertz CT molecular complexity index is 405. The molecule has 2 aromatic rings. The van der Waals surface area contributed by atoms with Gasteiger partial charge >= 0.3 is 0 Å². The van der Waals surface area contributed by atoms with E-state index < -0.39 is 0 Å². The fraction of sp³-hybridized carbons (Fsp3) is 0. The van der Waals surface area contributed by atoms with Crippen molar-refractivity contribution in [3.8, 4) is 11.8 Å². The van der Waals surface area contributed by atoms with Gasteiger partial charge in [-0.15, -0.1) is 0 Å². The summed E-state index contributed by atoms with van der Waals surface area (Å²) in [4.78, 5) is 0. The summed E-state index contributed by atoms with van der Waals surface area (Å²) in [5.41, 5.74) is 2.06. The molecule has 0 nitrogen and oxygen atoms in total. The average Bonchev–Trinajstić information content (AvgIpc) is 2.29. The first-order valence-corrected chi connectivity index (χ1v) is 4.48. The van der Waals surface area contributed by atoms with Gasteiger partial charge in [-0.3, -0.25) is 0 Å². The molecule has 0 aliphatic heterocycles. The second kappa shape index (κ2) is 6.22. The van der Waals surface area contributed by atoms with Crippen LogP contribution in [0.1, 0.15) is 11.1 Å². The van der Waals surface area contributed by atoms with Crippen LogP contribution in [-0.4, -0.2) is 0 Å². The van der Waals surface area contributed by atoms with E-state index in [-0.39, 0.29) is 21.1 Å². The first-order chi connectivity index (χ1) is 6.95. The standard InChI is InChI=1S/C14H9.W/c1-3-7-13(8-4-1)11-12-14-9-5-2-6-10-14;/h1,3-10H;/q-1;. The molecule has 0 amide bonds. The Kier molecular flexibility index (Phi) is 4.88. The van der Waals surface area contributed by atoms with Crippen molar-refractivity contribution in [1.82, 2.24) is 0 Å². The van der Waals surface area contributed by atoms with Gasteiger partial charge in [0.1, 0.15) is 0 Å². The zero-order valence-electron chi connectivity index (χ0n) is 8.10. The van der Waals surface area contributed by atoms with Gasteiger partial charge < -0.3 is 0 Å². The minimum Gasteiger partial charge on any atom is -0.184 e.